The van der Waals surface area contributed by atoms with Crippen LogP contribution in [-0.2, 0) is 0 Å². The molecule has 2 unspecified atom stereocenters. The molecule has 4 nitrogen and oxygen atoms in total. The zero-order chi connectivity index (χ0) is 15.3. The molecule has 2 atom stereocenters. The maximum atomic E-state index is 9.71. The highest BCUT2D eigenvalue weighted by Crippen LogP contribution is 2.22. The number of hydrogen-bond donors (Lipinski definition) is 2. The van der Waals surface area contributed by atoms with Gasteiger partial charge in [-0.05, 0) is 60.3 Å². The van der Waals surface area contributed by atoms with Gasteiger partial charge in [-0.1, -0.05) is 13.8 Å². The van der Waals surface area contributed by atoms with E-state index in [1.807, 2.05) is 0 Å². The number of aliphatic hydroxyl groups is 1. The van der Waals surface area contributed by atoms with Gasteiger partial charge < -0.3 is 20.2 Å². The largest absolute Gasteiger partial charge is 0.394 e. The molecule has 0 aliphatic carbocycles. The van der Waals surface area contributed by atoms with Crippen LogP contribution < -0.4 is 5.32 Å². The van der Waals surface area contributed by atoms with Gasteiger partial charge in [-0.25, -0.2) is 0 Å². The molecular weight excluding hydrogens is 250 g/mol. The number of nitrogens with zero attached hydrogens (tertiary/aromatic N) is 2. The van der Waals surface area contributed by atoms with Gasteiger partial charge in [0.2, 0.25) is 0 Å². The lowest BCUT2D eigenvalue weighted by Gasteiger charge is -2.42. The first-order chi connectivity index (χ1) is 9.27. The number of piperidine rings is 1. The van der Waals surface area contributed by atoms with Crippen LogP contribution in [0, 0.1) is 0 Å². The van der Waals surface area contributed by atoms with E-state index in [-0.39, 0.29) is 12.1 Å². The van der Waals surface area contributed by atoms with E-state index in [1.165, 1.54) is 25.9 Å². The number of rotatable bonds is 7. The fourth-order valence-electron chi connectivity index (χ4n) is 3.49. The Labute approximate surface area is 125 Å². The van der Waals surface area contributed by atoms with Crippen LogP contribution in [0.3, 0.4) is 0 Å². The SMILES string of the molecule is CC(C)NC(C)(CO)CC(C)N1CCC(N(C)C)CC1. The number of hydrogen-bond acceptors (Lipinski definition) is 4. The van der Waals surface area contributed by atoms with Gasteiger partial charge in [0.25, 0.3) is 0 Å². The normalized spacial score (nSPS) is 23.2. The van der Waals surface area contributed by atoms with Crippen molar-refractivity contribution in [2.45, 2.75) is 70.6 Å². The summed E-state index contributed by atoms with van der Waals surface area (Å²) in [5, 5.41) is 13.2. The van der Waals surface area contributed by atoms with Crippen LogP contribution in [0.25, 0.3) is 0 Å². The van der Waals surface area contributed by atoms with Crippen LogP contribution in [-0.4, -0.2) is 72.4 Å². The second-order valence-electron chi connectivity index (χ2n) is 7.30. The van der Waals surface area contributed by atoms with E-state index in [2.05, 4.69) is 56.9 Å². The van der Waals surface area contributed by atoms with Crippen molar-refractivity contribution in [2.24, 2.45) is 0 Å². The molecule has 20 heavy (non-hydrogen) atoms. The predicted octanol–water partition coefficient (Wildman–Crippen LogP) is 1.54. The van der Waals surface area contributed by atoms with E-state index in [1.54, 1.807) is 0 Å². The van der Waals surface area contributed by atoms with Crippen molar-refractivity contribution in [3.63, 3.8) is 0 Å². The van der Waals surface area contributed by atoms with Crippen molar-refractivity contribution in [3.05, 3.63) is 0 Å². The summed E-state index contributed by atoms with van der Waals surface area (Å²) in [5.41, 5.74) is -0.175. The second-order valence-corrected chi connectivity index (χ2v) is 7.30. The third-order valence-electron chi connectivity index (χ3n) is 4.58. The van der Waals surface area contributed by atoms with Gasteiger partial charge in [-0.3, -0.25) is 0 Å². The lowest BCUT2D eigenvalue weighted by atomic mass is 9.91. The number of nitrogens with one attached hydrogen (secondary N) is 1. The first-order valence-electron chi connectivity index (χ1n) is 8.06. The molecule has 0 aromatic rings. The topological polar surface area (TPSA) is 38.7 Å². The van der Waals surface area contributed by atoms with E-state index in [0.717, 1.165) is 12.5 Å². The summed E-state index contributed by atoms with van der Waals surface area (Å²) in [6.07, 6.45) is 3.50. The summed E-state index contributed by atoms with van der Waals surface area (Å²) in [6, 6.07) is 1.65. The van der Waals surface area contributed by atoms with Crippen LogP contribution in [0.1, 0.15) is 47.0 Å². The van der Waals surface area contributed by atoms with Gasteiger partial charge in [-0.15, -0.1) is 0 Å². The molecule has 0 aromatic carbocycles. The fourth-order valence-corrected chi connectivity index (χ4v) is 3.49. The highest BCUT2D eigenvalue weighted by molar-refractivity contribution is 4.90. The molecule has 4 heteroatoms. The minimum Gasteiger partial charge on any atom is -0.394 e. The van der Waals surface area contributed by atoms with Crippen LogP contribution in [0.15, 0.2) is 0 Å². The lowest BCUT2D eigenvalue weighted by molar-refractivity contribution is 0.0768. The van der Waals surface area contributed by atoms with Gasteiger partial charge in [0.15, 0.2) is 0 Å². The van der Waals surface area contributed by atoms with Gasteiger partial charge in [0.05, 0.1) is 6.61 Å². The zero-order valence-electron chi connectivity index (χ0n) is 14.3. The molecular formula is C16H35N3O. The maximum Gasteiger partial charge on any atom is 0.0611 e. The van der Waals surface area contributed by atoms with E-state index in [9.17, 15) is 5.11 Å². The van der Waals surface area contributed by atoms with Gasteiger partial charge >= 0.3 is 0 Å². The summed E-state index contributed by atoms with van der Waals surface area (Å²) in [6.45, 7) is 11.3. The molecule has 0 aromatic heterocycles. The molecule has 1 heterocycles. The molecule has 2 N–H and O–H groups in total. The molecule has 0 radical (unpaired) electrons. The molecule has 0 spiro atoms. The summed E-state index contributed by atoms with van der Waals surface area (Å²) in [5.74, 6) is 0. The molecule has 1 saturated heterocycles. The first kappa shape index (κ1) is 17.9. The van der Waals surface area contributed by atoms with E-state index in [4.69, 9.17) is 0 Å². The van der Waals surface area contributed by atoms with Crippen molar-refractivity contribution in [3.8, 4) is 0 Å². The average Bonchev–Trinajstić information content (AvgIpc) is 2.37. The summed E-state index contributed by atoms with van der Waals surface area (Å²) in [7, 11) is 4.36. The van der Waals surface area contributed by atoms with Crippen molar-refractivity contribution in [2.75, 3.05) is 33.8 Å². The molecule has 1 rings (SSSR count). The molecule has 1 fully saturated rings. The second kappa shape index (κ2) is 7.74. The van der Waals surface area contributed by atoms with Gasteiger partial charge in [0, 0.05) is 23.7 Å². The van der Waals surface area contributed by atoms with Crippen LogP contribution in [0.5, 0.6) is 0 Å². The Morgan fingerprint density at radius 2 is 1.80 bits per heavy atom. The van der Waals surface area contributed by atoms with E-state index < -0.39 is 0 Å². The Morgan fingerprint density at radius 1 is 1.25 bits per heavy atom. The molecule has 0 amide bonds. The van der Waals surface area contributed by atoms with Crippen LogP contribution in [0.2, 0.25) is 0 Å². The fraction of sp³-hybridized carbons (Fsp3) is 1.00. The molecule has 0 saturated carbocycles. The Bertz CT molecular complexity index is 275. The van der Waals surface area contributed by atoms with Crippen molar-refractivity contribution >= 4 is 0 Å². The van der Waals surface area contributed by atoms with Crippen LogP contribution >= 0.6 is 0 Å². The highest BCUT2D eigenvalue weighted by Gasteiger charge is 2.30. The summed E-state index contributed by atoms with van der Waals surface area (Å²) in [4.78, 5) is 4.93. The van der Waals surface area contributed by atoms with Crippen molar-refractivity contribution in [1.82, 2.24) is 15.1 Å². The Hall–Kier alpha value is -0.160. The number of aliphatic hydroxyl groups excluding tert-OH is 1. The van der Waals surface area contributed by atoms with E-state index in [0.29, 0.717) is 12.1 Å². The predicted molar refractivity (Wildman–Crippen MR) is 86.1 cm³/mol. The number of likely N-dealkylation sites (tertiary alicyclic amines) is 1. The minimum atomic E-state index is -0.175. The molecule has 0 bridgehead atoms. The molecule has 120 valence electrons. The van der Waals surface area contributed by atoms with Gasteiger partial charge in [0.1, 0.15) is 0 Å². The smallest absolute Gasteiger partial charge is 0.0611 e. The average molecular weight is 285 g/mol. The van der Waals surface area contributed by atoms with Crippen molar-refractivity contribution < 1.29 is 5.11 Å². The molecule has 1 aliphatic rings. The van der Waals surface area contributed by atoms with Crippen LogP contribution in [0.4, 0.5) is 0 Å². The Balaban J connectivity index is 2.48. The molecule has 1 aliphatic heterocycles. The standard InChI is InChI=1S/C16H35N3O/c1-13(2)17-16(4,12-20)11-14(3)19-9-7-15(8-10-19)18(5)6/h13-15,17,20H,7-12H2,1-6H3. The Kier molecular flexibility index (Phi) is 6.92. The van der Waals surface area contributed by atoms with Crippen molar-refractivity contribution in [1.29, 1.82) is 0 Å². The summed E-state index contributed by atoms with van der Waals surface area (Å²) < 4.78 is 0. The minimum absolute atomic E-state index is 0.175. The quantitative estimate of drug-likeness (QED) is 0.744. The monoisotopic (exact) mass is 285 g/mol. The van der Waals surface area contributed by atoms with E-state index >= 15 is 0 Å². The highest BCUT2D eigenvalue weighted by atomic mass is 16.3. The van der Waals surface area contributed by atoms with Gasteiger partial charge in [-0.2, -0.15) is 0 Å². The lowest BCUT2D eigenvalue weighted by Crippen LogP contribution is -2.54. The third-order valence-corrected chi connectivity index (χ3v) is 4.58. The summed E-state index contributed by atoms with van der Waals surface area (Å²) >= 11 is 0. The third kappa shape index (κ3) is 5.32. The zero-order valence-corrected chi connectivity index (χ0v) is 14.3. The Morgan fingerprint density at radius 3 is 2.20 bits per heavy atom. The first-order valence-corrected chi connectivity index (χ1v) is 8.06. The maximum absolute atomic E-state index is 9.71.